The number of carboxylic acids is 1. The predicted molar refractivity (Wildman–Crippen MR) is 105 cm³/mol. The molecule has 0 unspecified atom stereocenters. The molecule has 0 aromatic rings. The maximum absolute atomic E-state index is 11.4. The van der Waals surface area contributed by atoms with Crippen LogP contribution in [0.3, 0.4) is 0 Å². The Morgan fingerprint density at radius 1 is 1.12 bits per heavy atom. The molecule has 0 aromatic heterocycles. The van der Waals surface area contributed by atoms with Crippen molar-refractivity contribution in [2.75, 3.05) is 33.7 Å². The maximum atomic E-state index is 11.4. The predicted octanol–water partition coefficient (Wildman–Crippen LogP) is 2.06. The van der Waals surface area contributed by atoms with Gasteiger partial charge in [0.1, 0.15) is 6.04 Å². The van der Waals surface area contributed by atoms with Gasteiger partial charge in [-0.2, -0.15) is 0 Å². The van der Waals surface area contributed by atoms with E-state index < -0.39 is 17.9 Å². The molecular formula is C19H39N3O4. The van der Waals surface area contributed by atoms with Gasteiger partial charge in [-0.15, -0.1) is 0 Å². The van der Waals surface area contributed by atoms with Gasteiger partial charge >= 0.3 is 5.97 Å². The Morgan fingerprint density at radius 3 is 1.85 bits per heavy atom. The van der Waals surface area contributed by atoms with Crippen LogP contribution in [0, 0.1) is 11.8 Å². The van der Waals surface area contributed by atoms with Gasteiger partial charge in [0.15, 0.2) is 0 Å². The molecule has 1 aliphatic heterocycles. The minimum absolute atomic E-state index is 0.184. The fourth-order valence-electron chi connectivity index (χ4n) is 2.36. The number of hydrogen-bond donors (Lipinski definition) is 2. The summed E-state index contributed by atoms with van der Waals surface area (Å²) in [5, 5.41) is 11.1. The van der Waals surface area contributed by atoms with Crippen LogP contribution in [0.4, 0.5) is 0 Å². The molecule has 1 aliphatic rings. The van der Waals surface area contributed by atoms with E-state index in [1.165, 1.54) is 39.4 Å². The van der Waals surface area contributed by atoms with Gasteiger partial charge in [-0.05, 0) is 44.8 Å². The van der Waals surface area contributed by atoms with Crippen LogP contribution in [0.2, 0.25) is 0 Å². The van der Waals surface area contributed by atoms with E-state index in [0.29, 0.717) is 6.41 Å². The van der Waals surface area contributed by atoms with Gasteiger partial charge in [-0.25, -0.2) is 4.79 Å². The van der Waals surface area contributed by atoms with E-state index in [1.807, 2.05) is 0 Å². The molecule has 1 fully saturated rings. The number of carbonyl (C=O) groups is 3. The quantitative estimate of drug-likeness (QED) is 0.696. The Balaban J connectivity index is 0. The third kappa shape index (κ3) is 14.7. The lowest BCUT2D eigenvalue weighted by molar-refractivity contribution is -0.150. The Morgan fingerprint density at radius 2 is 1.58 bits per heavy atom. The zero-order chi connectivity index (χ0) is 20.7. The summed E-state index contributed by atoms with van der Waals surface area (Å²) in [7, 11) is 3.60. The van der Waals surface area contributed by atoms with Crippen molar-refractivity contribution in [3.63, 3.8) is 0 Å². The number of aliphatic carboxylic acids is 1. The molecular weight excluding hydrogens is 334 g/mol. The summed E-state index contributed by atoms with van der Waals surface area (Å²) in [6, 6.07) is -0.869. The molecule has 0 bridgehead atoms. The average molecular weight is 374 g/mol. The second-order valence-electron chi connectivity index (χ2n) is 7.63. The van der Waals surface area contributed by atoms with Gasteiger partial charge < -0.3 is 20.2 Å². The zero-order valence-electron chi connectivity index (χ0n) is 17.6. The van der Waals surface area contributed by atoms with Gasteiger partial charge in [-0.1, -0.05) is 41.0 Å². The van der Waals surface area contributed by atoms with Gasteiger partial charge in [0.05, 0.1) is 6.54 Å². The van der Waals surface area contributed by atoms with E-state index in [0.717, 1.165) is 10.8 Å². The molecule has 1 saturated heterocycles. The normalized spacial score (nSPS) is 15.1. The van der Waals surface area contributed by atoms with E-state index >= 15 is 0 Å². The second kappa shape index (κ2) is 15.6. The molecule has 1 heterocycles. The van der Waals surface area contributed by atoms with E-state index in [-0.39, 0.29) is 12.5 Å². The lowest BCUT2D eigenvalue weighted by atomic mass is 10.0. The Kier molecular flexibility index (Phi) is 16.0. The molecule has 1 atom stereocenters. The SMILES string of the molecule is CC(C)C.CC(C)[C@@H](C(=O)O)N(C)C(=O)CNC=O.CN1CCCCC1. The van der Waals surface area contributed by atoms with Crippen LogP contribution in [0.15, 0.2) is 0 Å². The number of likely N-dealkylation sites (tertiary alicyclic amines) is 1. The van der Waals surface area contributed by atoms with Crippen molar-refractivity contribution in [1.29, 1.82) is 0 Å². The van der Waals surface area contributed by atoms with Crippen molar-refractivity contribution < 1.29 is 19.5 Å². The third-order valence-corrected chi connectivity index (χ3v) is 3.61. The fraction of sp³-hybridized carbons (Fsp3) is 0.842. The smallest absolute Gasteiger partial charge is 0.326 e. The van der Waals surface area contributed by atoms with Crippen molar-refractivity contribution in [3.05, 3.63) is 0 Å². The second-order valence-corrected chi connectivity index (χ2v) is 7.63. The van der Waals surface area contributed by atoms with Crippen molar-refractivity contribution in [2.24, 2.45) is 11.8 Å². The van der Waals surface area contributed by atoms with Crippen molar-refractivity contribution >= 4 is 18.3 Å². The van der Waals surface area contributed by atoms with Crippen molar-refractivity contribution in [2.45, 2.75) is 59.9 Å². The summed E-state index contributed by atoms with van der Waals surface area (Å²) in [4.78, 5) is 35.8. The van der Waals surface area contributed by atoms with Crippen molar-refractivity contribution in [3.8, 4) is 0 Å². The minimum atomic E-state index is -1.05. The van der Waals surface area contributed by atoms with Crippen LogP contribution in [0.5, 0.6) is 0 Å². The highest BCUT2D eigenvalue weighted by atomic mass is 16.4. The molecule has 1 rings (SSSR count). The molecule has 0 saturated carbocycles. The van der Waals surface area contributed by atoms with E-state index in [1.54, 1.807) is 13.8 Å². The van der Waals surface area contributed by atoms with Crippen LogP contribution < -0.4 is 5.32 Å². The number of nitrogens with zero attached hydrogens (tertiary/aromatic N) is 2. The lowest BCUT2D eigenvalue weighted by Crippen LogP contribution is -2.48. The monoisotopic (exact) mass is 373 g/mol. The van der Waals surface area contributed by atoms with Gasteiger partial charge in [0.25, 0.3) is 0 Å². The lowest BCUT2D eigenvalue weighted by Gasteiger charge is -2.27. The number of piperidine rings is 1. The number of carbonyl (C=O) groups excluding carboxylic acids is 2. The first-order valence-corrected chi connectivity index (χ1v) is 9.38. The first-order valence-electron chi connectivity index (χ1n) is 9.38. The fourth-order valence-corrected chi connectivity index (χ4v) is 2.36. The molecule has 2 amide bonds. The van der Waals surface area contributed by atoms with E-state index in [2.05, 4.69) is 38.0 Å². The summed E-state index contributed by atoms with van der Waals surface area (Å²) in [5.74, 6) is -0.831. The Labute approximate surface area is 159 Å². The Hall–Kier alpha value is -1.63. The first kappa shape index (κ1) is 26.6. The first-order chi connectivity index (χ1) is 12.0. The van der Waals surface area contributed by atoms with Crippen LogP contribution >= 0.6 is 0 Å². The van der Waals surface area contributed by atoms with E-state index in [4.69, 9.17) is 5.11 Å². The molecule has 0 spiro atoms. The van der Waals surface area contributed by atoms with Gasteiger partial charge in [0, 0.05) is 7.05 Å². The van der Waals surface area contributed by atoms with Crippen LogP contribution in [-0.2, 0) is 14.4 Å². The summed E-state index contributed by atoms with van der Waals surface area (Å²) in [6.45, 7) is 12.4. The van der Waals surface area contributed by atoms with Crippen LogP contribution in [-0.4, -0.2) is 73.0 Å². The molecule has 26 heavy (non-hydrogen) atoms. The standard InChI is InChI=1S/C9H16N2O4.C6H13N.C4H10/c1-6(2)8(9(14)15)11(3)7(13)4-10-5-12;1-7-5-3-2-4-6-7;1-4(2)3/h5-6,8H,4H2,1-3H3,(H,10,12)(H,14,15);2-6H2,1H3;4H,1-3H3/t8-;;/m0../s1. The van der Waals surface area contributed by atoms with Gasteiger partial charge in [-0.3, -0.25) is 9.59 Å². The number of amides is 2. The van der Waals surface area contributed by atoms with Crippen molar-refractivity contribution in [1.82, 2.24) is 15.1 Å². The summed E-state index contributed by atoms with van der Waals surface area (Å²) in [6.07, 6.45) is 4.67. The third-order valence-electron chi connectivity index (χ3n) is 3.61. The van der Waals surface area contributed by atoms with Crippen LogP contribution in [0.25, 0.3) is 0 Å². The molecule has 0 aliphatic carbocycles. The summed E-state index contributed by atoms with van der Waals surface area (Å²) < 4.78 is 0. The van der Waals surface area contributed by atoms with Gasteiger partial charge in [0.2, 0.25) is 12.3 Å². The molecule has 7 nitrogen and oxygen atoms in total. The summed E-state index contributed by atoms with van der Waals surface area (Å²) >= 11 is 0. The highest BCUT2D eigenvalue weighted by molar-refractivity contribution is 5.85. The minimum Gasteiger partial charge on any atom is -0.480 e. The largest absolute Gasteiger partial charge is 0.480 e. The molecule has 0 aromatic carbocycles. The molecule has 2 N–H and O–H groups in total. The molecule has 0 radical (unpaired) electrons. The Bertz CT molecular complexity index is 391. The number of nitrogens with one attached hydrogen (secondary N) is 1. The summed E-state index contributed by atoms with van der Waals surface area (Å²) in [5.41, 5.74) is 0. The molecule has 7 heteroatoms. The zero-order valence-corrected chi connectivity index (χ0v) is 17.6. The maximum Gasteiger partial charge on any atom is 0.326 e. The van der Waals surface area contributed by atoms with Crippen LogP contribution in [0.1, 0.15) is 53.9 Å². The van der Waals surface area contributed by atoms with E-state index in [9.17, 15) is 14.4 Å². The highest BCUT2D eigenvalue weighted by Crippen LogP contribution is 2.09. The average Bonchev–Trinajstić information content (AvgIpc) is 2.52. The topological polar surface area (TPSA) is 90.0 Å². The highest BCUT2D eigenvalue weighted by Gasteiger charge is 2.28. The number of likely N-dealkylation sites (N-methyl/N-ethyl adjacent to an activating group) is 1. The molecule has 154 valence electrons. The number of hydrogen-bond acceptors (Lipinski definition) is 4. The number of rotatable bonds is 6. The number of carboxylic acid groups (broad SMARTS) is 1.